The number of halogens is 1. The Hall–Kier alpha value is -2.00. The number of hydrogen-bond donors (Lipinski definition) is 3. The summed E-state index contributed by atoms with van der Waals surface area (Å²) in [6, 6.07) is 4.38. The summed E-state index contributed by atoms with van der Waals surface area (Å²) in [7, 11) is -3.68. The summed E-state index contributed by atoms with van der Waals surface area (Å²) in [6.07, 6.45) is 7.05. The SMILES string of the molecule is C[C@@H](NC(=O)C1CCC(CNS(=O)(=O)c2ccc(F)cc2)CC1)C(=O)NC1CCCC1. The van der Waals surface area contributed by atoms with Crippen LogP contribution < -0.4 is 15.4 Å². The van der Waals surface area contributed by atoms with E-state index in [9.17, 15) is 22.4 Å². The zero-order valence-corrected chi connectivity index (χ0v) is 18.7. The van der Waals surface area contributed by atoms with Gasteiger partial charge in [-0.05, 0) is 75.6 Å². The lowest BCUT2D eigenvalue weighted by Gasteiger charge is -2.28. The lowest BCUT2D eigenvalue weighted by Crippen LogP contribution is -2.49. The molecule has 1 aromatic carbocycles. The van der Waals surface area contributed by atoms with Crippen LogP contribution in [0.15, 0.2) is 29.2 Å². The lowest BCUT2D eigenvalue weighted by atomic mass is 9.81. The Morgan fingerprint density at radius 2 is 1.65 bits per heavy atom. The highest BCUT2D eigenvalue weighted by atomic mass is 32.2. The van der Waals surface area contributed by atoms with Crippen molar-refractivity contribution < 1.29 is 22.4 Å². The third-order valence-corrected chi connectivity index (χ3v) is 7.80. The van der Waals surface area contributed by atoms with Gasteiger partial charge in [0.25, 0.3) is 0 Å². The van der Waals surface area contributed by atoms with Gasteiger partial charge in [0.2, 0.25) is 21.8 Å². The first-order valence-corrected chi connectivity index (χ1v) is 12.6. The van der Waals surface area contributed by atoms with Crippen LogP contribution >= 0.6 is 0 Å². The maximum absolute atomic E-state index is 13.0. The smallest absolute Gasteiger partial charge is 0.242 e. The maximum Gasteiger partial charge on any atom is 0.242 e. The standard InChI is InChI=1S/C22H32FN3O4S/c1-15(21(27)26-19-4-2-3-5-19)25-22(28)17-8-6-16(7-9-17)14-24-31(29,30)20-12-10-18(23)11-13-20/h10-13,15-17,19,24H,2-9,14H2,1H3,(H,25,28)(H,26,27)/t15-,16?,17?/m1/s1. The van der Waals surface area contributed by atoms with Crippen LogP contribution in [-0.4, -0.2) is 38.9 Å². The summed E-state index contributed by atoms with van der Waals surface area (Å²) in [5.41, 5.74) is 0. The van der Waals surface area contributed by atoms with Crippen LogP contribution in [0.2, 0.25) is 0 Å². The highest BCUT2D eigenvalue weighted by Gasteiger charge is 2.29. The van der Waals surface area contributed by atoms with E-state index in [1.54, 1.807) is 6.92 Å². The van der Waals surface area contributed by atoms with E-state index in [2.05, 4.69) is 15.4 Å². The molecule has 2 aliphatic carbocycles. The largest absolute Gasteiger partial charge is 0.352 e. The second-order valence-electron chi connectivity index (χ2n) is 8.74. The van der Waals surface area contributed by atoms with E-state index in [0.717, 1.165) is 50.7 Å². The van der Waals surface area contributed by atoms with Crippen molar-refractivity contribution in [2.75, 3.05) is 6.54 Å². The second-order valence-corrected chi connectivity index (χ2v) is 10.5. The first-order chi connectivity index (χ1) is 14.7. The molecule has 3 rings (SSSR count). The molecule has 2 saturated carbocycles. The molecule has 1 aromatic rings. The van der Waals surface area contributed by atoms with Gasteiger partial charge in [-0.2, -0.15) is 0 Å². The predicted molar refractivity (Wildman–Crippen MR) is 115 cm³/mol. The Balaban J connectivity index is 1.39. The fourth-order valence-electron chi connectivity index (χ4n) is 4.35. The molecule has 31 heavy (non-hydrogen) atoms. The van der Waals surface area contributed by atoms with Crippen LogP contribution in [-0.2, 0) is 19.6 Å². The van der Waals surface area contributed by atoms with Crippen LogP contribution in [0.5, 0.6) is 0 Å². The van der Waals surface area contributed by atoms with Crippen molar-refractivity contribution in [2.45, 2.75) is 75.3 Å². The molecule has 0 heterocycles. The molecule has 0 aliphatic heterocycles. The van der Waals surface area contributed by atoms with Crippen LogP contribution in [0.1, 0.15) is 58.3 Å². The normalized spacial score (nSPS) is 23.3. The molecule has 0 bridgehead atoms. The highest BCUT2D eigenvalue weighted by Crippen LogP contribution is 2.29. The quantitative estimate of drug-likeness (QED) is 0.562. The topological polar surface area (TPSA) is 104 Å². The number of sulfonamides is 1. The average Bonchev–Trinajstić information content (AvgIpc) is 3.26. The minimum atomic E-state index is -3.68. The Kier molecular flexibility index (Phi) is 8.05. The fourth-order valence-corrected chi connectivity index (χ4v) is 5.46. The zero-order valence-electron chi connectivity index (χ0n) is 17.9. The summed E-state index contributed by atoms with van der Waals surface area (Å²) < 4.78 is 40.2. The molecular formula is C22H32FN3O4S. The molecule has 9 heteroatoms. The van der Waals surface area contributed by atoms with Crippen LogP contribution in [0.3, 0.4) is 0 Å². The number of hydrogen-bond acceptors (Lipinski definition) is 4. The maximum atomic E-state index is 13.0. The summed E-state index contributed by atoms with van der Waals surface area (Å²) in [5, 5.41) is 5.83. The first kappa shape index (κ1) is 23.7. The number of carbonyl (C=O) groups excluding carboxylic acids is 2. The van der Waals surface area contributed by atoms with E-state index < -0.39 is 21.9 Å². The molecule has 7 nitrogen and oxygen atoms in total. The van der Waals surface area contributed by atoms with E-state index in [4.69, 9.17) is 0 Å². The molecule has 2 fully saturated rings. The van der Waals surface area contributed by atoms with Gasteiger partial charge in [0, 0.05) is 18.5 Å². The predicted octanol–water partition coefficient (Wildman–Crippen LogP) is 2.47. The van der Waals surface area contributed by atoms with Gasteiger partial charge >= 0.3 is 0 Å². The van der Waals surface area contributed by atoms with E-state index in [1.165, 1.54) is 12.1 Å². The van der Waals surface area contributed by atoms with Gasteiger partial charge in [-0.25, -0.2) is 17.5 Å². The molecule has 172 valence electrons. The molecule has 0 radical (unpaired) electrons. The van der Waals surface area contributed by atoms with Crippen molar-refractivity contribution in [3.63, 3.8) is 0 Å². The number of nitrogens with one attached hydrogen (secondary N) is 3. The van der Waals surface area contributed by atoms with Crippen molar-refractivity contribution >= 4 is 21.8 Å². The van der Waals surface area contributed by atoms with Crippen LogP contribution in [0.25, 0.3) is 0 Å². The summed E-state index contributed by atoms with van der Waals surface area (Å²) in [5.74, 6) is -0.751. The minimum absolute atomic E-state index is 0.0341. The minimum Gasteiger partial charge on any atom is -0.352 e. The molecule has 0 spiro atoms. The van der Waals surface area contributed by atoms with Crippen molar-refractivity contribution in [3.8, 4) is 0 Å². The van der Waals surface area contributed by atoms with Crippen LogP contribution in [0, 0.1) is 17.7 Å². The number of benzene rings is 1. The molecule has 0 saturated heterocycles. The second kappa shape index (κ2) is 10.5. The Labute approximate surface area is 183 Å². The van der Waals surface area contributed by atoms with Gasteiger partial charge in [-0.1, -0.05) is 12.8 Å². The Morgan fingerprint density at radius 3 is 2.26 bits per heavy atom. The van der Waals surface area contributed by atoms with Gasteiger partial charge in [-0.3, -0.25) is 9.59 Å². The Bertz CT molecular complexity index is 861. The monoisotopic (exact) mass is 453 g/mol. The van der Waals surface area contributed by atoms with Crippen molar-refractivity contribution in [1.29, 1.82) is 0 Å². The molecular weight excluding hydrogens is 421 g/mol. The van der Waals surface area contributed by atoms with Crippen molar-refractivity contribution in [1.82, 2.24) is 15.4 Å². The van der Waals surface area contributed by atoms with Gasteiger partial charge < -0.3 is 10.6 Å². The Morgan fingerprint density at radius 1 is 1.03 bits per heavy atom. The average molecular weight is 454 g/mol. The third kappa shape index (κ3) is 6.74. The number of rotatable bonds is 8. The van der Waals surface area contributed by atoms with E-state index >= 15 is 0 Å². The third-order valence-electron chi connectivity index (χ3n) is 6.36. The molecule has 0 unspecified atom stereocenters. The van der Waals surface area contributed by atoms with Crippen LogP contribution in [0.4, 0.5) is 4.39 Å². The van der Waals surface area contributed by atoms with E-state index in [-0.39, 0.29) is 41.1 Å². The molecule has 0 aromatic heterocycles. The molecule has 2 aliphatic rings. The van der Waals surface area contributed by atoms with E-state index in [0.29, 0.717) is 12.8 Å². The fraction of sp³-hybridized carbons (Fsp3) is 0.636. The van der Waals surface area contributed by atoms with Gasteiger partial charge in [0.1, 0.15) is 11.9 Å². The van der Waals surface area contributed by atoms with E-state index in [1.807, 2.05) is 0 Å². The number of carbonyl (C=O) groups is 2. The van der Waals surface area contributed by atoms with Gasteiger partial charge in [0.15, 0.2) is 0 Å². The van der Waals surface area contributed by atoms with Gasteiger partial charge in [0.05, 0.1) is 4.90 Å². The van der Waals surface area contributed by atoms with Crippen molar-refractivity contribution in [3.05, 3.63) is 30.1 Å². The highest BCUT2D eigenvalue weighted by molar-refractivity contribution is 7.89. The van der Waals surface area contributed by atoms with Gasteiger partial charge in [-0.15, -0.1) is 0 Å². The molecule has 1 atom stereocenters. The summed E-state index contributed by atoms with van der Waals surface area (Å²) in [4.78, 5) is 24.9. The van der Waals surface area contributed by atoms with Crippen molar-refractivity contribution in [2.24, 2.45) is 11.8 Å². The zero-order chi connectivity index (χ0) is 22.4. The summed E-state index contributed by atoms with van der Waals surface area (Å²) >= 11 is 0. The molecule has 3 N–H and O–H groups in total. The first-order valence-electron chi connectivity index (χ1n) is 11.1. The lowest BCUT2D eigenvalue weighted by molar-refractivity contribution is -0.131. The summed E-state index contributed by atoms with van der Waals surface area (Å²) in [6.45, 7) is 1.99. The molecule has 2 amide bonds. The number of amides is 2.